The Hall–Kier alpha value is -0.323. The monoisotopic (exact) mass is 476 g/mol. The standard InChI is InChI=1S/C14H17ClF3IN2OSi/c1-23(2,3)5-4-22-8-21-11(19)6-9-12(15)10(14(16,17)18)7-20-13(9)21/h6-7H,4-5,8H2,1-3H3. The van der Waals surface area contributed by atoms with Crippen molar-refractivity contribution < 1.29 is 17.9 Å². The van der Waals surface area contributed by atoms with Crippen LogP contribution in [0.1, 0.15) is 5.56 Å². The van der Waals surface area contributed by atoms with Gasteiger partial charge in [0.2, 0.25) is 0 Å². The second-order valence-electron chi connectivity index (χ2n) is 6.46. The zero-order chi connectivity index (χ0) is 17.4. The molecule has 2 rings (SSSR count). The van der Waals surface area contributed by atoms with Crippen LogP contribution in [0.15, 0.2) is 12.3 Å². The molecule has 2 aromatic rings. The molecule has 0 saturated heterocycles. The molecular weight excluding hydrogens is 460 g/mol. The van der Waals surface area contributed by atoms with Gasteiger partial charge in [0.15, 0.2) is 0 Å². The van der Waals surface area contributed by atoms with Crippen LogP contribution in [0.5, 0.6) is 0 Å². The summed E-state index contributed by atoms with van der Waals surface area (Å²) in [5.74, 6) is 0. The molecule has 0 unspecified atom stereocenters. The lowest BCUT2D eigenvalue weighted by atomic mass is 10.2. The van der Waals surface area contributed by atoms with E-state index < -0.39 is 19.8 Å². The highest BCUT2D eigenvalue weighted by atomic mass is 127. The number of hydrogen-bond donors (Lipinski definition) is 0. The predicted molar refractivity (Wildman–Crippen MR) is 96.6 cm³/mol. The van der Waals surface area contributed by atoms with Crippen LogP contribution >= 0.6 is 34.2 Å². The number of alkyl halides is 3. The van der Waals surface area contributed by atoms with Gasteiger partial charge in [-0.05, 0) is 34.7 Å². The summed E-state index contributed by atoms with van der Waals surface area (Å²) in [6.07, 6.45) is -3.74. The van der Waals surface area contributed by atoms with Gasteiger partial charge in [0.25, 0.3) is 0 Å². The van der Waals surface area contributed by atoms with Crippen LogP contribution in [0.3, 0.4) is 0 Å². The number of pyridine rings is 1. The third-order valence-electron chi connectivity index (χ3n) is 3.33. The fourth-order valence-electron chi connectivity index (χ4n) is 1.99. The Morgan fingerprint density at radius 1 is 1.35 bits per heavy atom. The third kappa shape index (κ3) is 4.61. The maximum Gasteiger partial charge on any atom is 0.419 e. The molecule has 0 atom stereocenters. The maximum absolute atomic E-state index is 12.9. The lowest BCUT2D eigenvalue weighted by Gasteiger charge is -2.16. The van der Waals surface area contributed by atoms with Crippen LogP contribution in [-0.4, -0.2) is 24.2 Å². The van der Waals surface area contributed by atoms with E-state index >= 15 is 0 Å². The van der Waals surface area contributed by atoms with E-state index in [0.717, 1.165) is 15.9 Å². The van der Waals surface area contributed by atoms with Crippen LogP contribution in [0, 0.1) is 3.70 Å². The van der Waals surface area contributed by atoms with E-state index in [1.807, 2.05) is 22.6 Å². The Morgan fingerprint density at radius 2 is 2.00 bits per heavy atom. The first-order valence-electron chi connectivity index (χ1n) is 6.99. The van der Waals surface area contributed by atoms with Crippen LogP contribution < -0.4 is 0 Å². The summed E-state index contributed by atoms with van der Waals surface area (Å²) in [5.41, 5.74) is -0.514. The zero-order valence-electron chi connectivity index (χ0n) is 13.0. The van der Waals surface area contributed by atoms with Crippen molar-refractivity contribution in [2.24, 2.45) is 0 Å². The van der Waals surface area contributed by atoms with Gasteiger partial charge in [0.05, 0.1) is 14.3 Å². The van der Waals surface area contributed by atoms with Gasteiger partial charge >= 0.3 is 6.18 Å². The lowest BCUT2D eigenvalue weighted by Crippen LogP contribution is -2.22. The lowest BCUT2D eigenvalue weighted by molar-refractivity contribution is -0.137. The van der Waals surface area contributed by atoms with Crippen LogP contribution in [-0.2, 0) is 17.6 Å². The first kappa shape index (κ1) is 19.0. The van der Waals surface area contributed by atoms with Gasteiger partial charge in [0.1, 0.15) is 12.4 Å². The molecule has 2 heterocycles. The largest absolute Gasteiger partial charge is 0.419 e. The first-order valence-corrected chi connectivity index (χ1v) is 12.2. The van der Waals surface area contributed by atoms with Gasteiger partial charge in [-0.25, -0.2) is 4.98 Å². The number of ether oxygens (including phenoxy) is 1. The quantitative estimate of drug-likeness (QED) is 0.318. The first-order chi connectivity index (χ1) is 10.5. The molecule has 0 amide bonds. The summed E-state index contributed by atoms with van der Waals surface area (Å²) in [6.45, 7) is 7.64. The van der Waals surface area contributed by atoms with Gasteiger partial charge in [-0.1, -0.05) is 31.2 Å². The number of halogens is 5. The molecule has 0 aliphatic carbocycles. The molecule has 0 N–H and O–H groups in total. The van der Waals surface area contributed by atoms with Crippen LogP contribution in [0.2, 0.25) is 30.7 Å². The molecule has 2 aromatic heterocycles. The fourth-order valence-corrected chi connectivity index (χ4v) is 3.72. The van der Waals surface area contributed by atoms with Crippen molar-refractivity contribution in [1.82, 2.24) is 9.55 Å². The second kappa shape index (κ2) is 6.89. The Balaban J connectivity index is 2.25. The molecule has 3 nitrogen and oxygen atoms in total. The normalized spacial score (nSPS) is 13.0. The maximum atomic E-state index is 12.9. The predicted octanol–water partition coefficient (Wildman–Crippen LogP) is 5.63. The Bertz CT molecular complexity index is 713. The number of hydrogen-bond acceptors (Lipinski definition) is 2. The van der Waals surface area contributed by atoms with Gasteiger partial charge in [-0.15, -0.1) is 0 Å². The number of rotatable bonds is 5. The smallest absolute Gasteiger partial charge is 0.361 e. The highest BCUT2D eigenvalue weighted by Crippen LogP contribution is 2.38. The summed E-state index contributed by atoms with van der Waals surface area (Å²) in [6, 6.07) is 2.62. The molecule has 0 aromatic carbocycles. The number of fused-ring (bicyclic) bond motifs is 1. The van der Waals surface area contributed by atoms with Gasteiger partial charge in [-0.2, -0.15) is 13.2 Å². The van der Waals surface area contributed by atoms with Crippen molar-refractivity contribution in [3.05, 3.63) is 26.5 Å². The second-order valence-corrected chi connectivity index (χ2v) is 13.6. The van der Waals surface area contributed by atoms with Crippen molar-refractivity contribution in [1.29, 1.82) is 0 Å². The average Bonchev–Trinajstić information content (AvgIpc) is 2.70. The van der Waals surface area contributed by atoms with E-state index in [2.05, 4.69) is 24.6 Å². The minimum atomic E-state index is -4.51. The minimum Gasteiger partial charge on any atom is -0.361 e. The Morgan fingerprint density at radius 3 is 2.57 bits per heavy atom. The molecule has 9 heteroatoms. The number of nitrogens with zero attached hydrogens (tertiary/aromatic N) is 2. The summed E-state index contributed by atoms with van der Waals surface area (Å²) in [5, 5.41) is -0.0269. The average molecular weight is 477 g/mol. The molecule has 23 heavy (non-hydrogen) atoms. The van der Waals surface area contributed by atoms with E-state index in [-0.39, 0.29) is 11.8 Å². The molecule has 0 spiro atoms. The van der Waals surface area contributed by atoms with Gasteiger partial charge < -0.3 is 4.74 Å². The summed E-state index contributed by atoms with van der Waals surface area (Å²) in [4.78, 5) is 3.94. The number of aromatic nitrogens is 2. The molecule has 0 bridgehead atoms. The molecule has 0 aliphatic rings. The SMILES string of the molecule is C[Si](C)(C)CCOCn1c(I)cc2c(Cl)c(C(F)(F)F)cnc21. The van der Waals surface area contributed by atoms with E-state index in [1.54, 1.807) is 10.6 Å². The van der Waals surface area contributed by atoms with E-state index in [4.69, 9.17) is 16.3 Å². The van der Waals surface area contributed by atoms with Crippen molar-refractivity contribution in [2.75, 3.05) is 6.61 Å². The van der Waals surface area contributed by atoms with E-state index in [1.165, 1.54) is 0 Å². The summed E-state index contributed by atoms with van der Waals surface area (Å²) < 4.78 is 46.8. The van der Waals surface area contributed by atoms with Gasteiger partial charge in [-0.3, -0.25) is 4.57 Å². The van der Waals surface area contributed by atoms with Crippen LogP contribution in [0.25, 0.3) is 11.0 Å². The summed E-state index contributed by atoms with van der Waals surface area (Å²) in [7, 11) is -1.18. The molecule has 0 saturated carbocycles. The van der Waals surface area contributed by atoms with Crippen molar-refractivity contribution in [2.45, 2.75) is 38.6 Å². The van der Waals surface area contributed by atoms with Crippen molar-refractivity contribution in [3.8, 4) is 0 Å². The molecular formula is C14H17ClF3IN2OSi. The van der Waals surface area contributed by atoms with Crippen LogP contribution in [0.4, 0.5) is 13.2 Å². The van der Waals surface area contributed by atoms with E-state index in [0.29, 0.717) is 17.6 Å². The Kier molecular flexibility index (Phi) is 5.69. The molecule has 0 fully saturated rings. The topological polar surface area (TPSA) is 27.1 Å². The highest BCUT2D eigenvalue weighted by molar-refractivity contribution is 14.1. The molecule has 0 radical (unpaired) electrons. The molecule has 0 aliphatic heterocycles. The minimum absolute atomic E-state index is 0.251. The highest BCUT2D eigenvalue weighted by Gasteiger charge is 2.35. The van der Waals surface area contributed by atoms with Crippen molar-refractivity contribution in [3.63, 3.8) is 0 Å². The fraction of sp³-hybridized carbons (Fsp3) is 0.500. The third-order valence-corrected chi connectivity index (χ3v) is 6.33. The van der Waals surface area contributed by atoms with Crippen molar-refractivity contribution >= 4 is 53.3 Å². The zero-order valence-corrected chi connectivity index (χ0v) is 16.9. The Labute approximate surface area is 152 Å². The van der Waals surface area contributed by atoms with E-state index in [9.17, 15) is 13.2 Å². The van der Waals surface area contributed by atoms with Gasteiger partial charge in [0, 0.05) is 26.3 Å². The molecule has 128 valence electrons. The summed E-state index contributed by atoms with van der Waals surface area (Å²) >= 11 is 7.96.